The summed E-state index contributed by atoms with van der Waals surface area (Å²) >= 11 is 4.79. The summed E-state index contributed by atoms with van der Waals surface area (Å²) in [5, 5.41) is 12.1. The minimum absolute atomic E-state index is 0.414. The van der Waals surface area contributed by atoms with Gasteiger partial charge in [0, 0.05) is 28.1 Å². The molecule has 0 saturated heterocycles. The van der Waals surface area contributed by atoms with E-state index < -0.39 is 5.97 Å². The molecule has 1 aromatic carbocycles. The summed E-state index contributed by atoms with van der Waals surface area (Å²) in [6, 6.07) is 9.92. The maximum absolute atomic E-state index is 11.1. The predicted octanol–water partition coefficient (Wildman–Crippen LogP) is 4.21. The van der Waals surface area contributed by atoms with Gasteiger partial charge in [-0.1, -0.05) is 22.0 Å². The zero-order valence-electron chi connectivity index (χ0n) is 9.84. The Morgan fingerprint density at radius 1 is 1.32 bits per heavy atom. The maximum Gasteiger partial charge on any atom is 0.346 e. The molecule has 2 heterocycles. The first-order valence-electron chi connectivity index (χ1n) is 5.70. The molecule has 0 amide bonds. The van der Waals surface area contributed by atoms with Crippen LogP contribution in [-0.4, -0.2) is 15.6 Å². The van der Waals surface area contributed by atoms with E-state index in [4.69, 9.17) is 5.11 Å². The molecule has 3 aromatic rings. The Kier molecular flexibility index (Phi) is 3.16. The van der Waals surface area contributed by atoms with Gasteiger partial charge in [-0.2, -0.15) is 0 Å². The fraction of sp³-hybridized carbons (Fsp3) is 0.0714. The summed E-state index contributed by atoms with van der Waals surface area (Å²) in [7, 11) is 0. The standard InChI is InChI=1S/C14H10BrNO2S/c15-11-2-1-3-12-10(11)4-6-16(12)8-9-5-7-19-13(9)14(17)18/h1-7H,8H2,(H,17,18). The Balaban J connectivity index is 2.04. The number of thiophene rings is 1. The van der Waals surface area contributed by atoms with E-state index in [1.54, 1.807) is 0 Å². The number of carboxylic acid groups (broad SMARTS) is 1. The number of benzene rings is 1. The molecule has 0 atom stereocenters. The van der Waals surface area contributed by atoms with Crippen LogP contribution in [0, 0.1) is 0 Å². The van der Waals surface area contributed by atoms with Crippen molar-refractivity contribution in [1.82, 2.24) is 4.57 Å². The molecule has 1 N–H and O–H groups in total. The van der Waals surface area contributed by atoms with E-state index in [0.717, 1.165) is 20.9 Å². The molecule has 0 aliphatic rings. The lowest BCUT2D eigenvalue weighted by Crippen LogP contribution is -2.03. The summed E-state index contributed by atoms with van der Waals surface area (Å²) in [6.45, 7) is 0.574. The van der Waals surface area contributed by atoms with Crippen molar-refractivity contribution in [3.8, 4) is 0 Å². The van der Waals surface area contributed by atoms with Crippen LogP contribution in [0.1, 0.15) is 15.2 Å². The predicted molar refractivity (Wildman–Crippen MR) is 80.0 cm³/mol. The molecule has 0 unspecified atom stereocenters. The van der Waals surface area contributed by atoms with Crippen LogP contribution in [0.2, 0.25) is 0 Å². The van der Waals surface area contributed by atoms with E-state index in [9.17, 15) is 4.79 Å². The third-order valence-electron chi connectivity index (χ3n) is 3.04. The van der Waals surface area contributed by atoms with E-state index >= 15 is 0 Å². The van der Waals surface area contributed by atoms with Crippen molar-refractivity contribution in [2.24, 2.45) is 0 Å². The SMILES string of the molecule is O=C(O)c1sccc1Cn1ccc2c(Br)cccc21. The van der Waals surface area contributed by atoms with Crippen LogP contribution in [0.4, 0.5) is 0 Å². The largest absolute Gasteiger partial charge is 0.477 e. The van der Waals surface area contributed by atoms with Crippen molar-refractivity contribution in [2.45, 2.75) is 6.54 Å². The van der Waals surface area contributed by atoms with E-state index in [2.05, 4.69) is 20.5 Å². The molecule has 3 nitrogen and oxygen atoms in total. The van der Waals surface area contributed by atoms with Gasteiger partial charge in [-0.25, -0.2) is 4.79 Å². The summed E-state index contributed by atoms with van der Waals surface area (Å²) in [5.41, 5.74) is 1.94. The fourth-order valence-electron chi connectivity index (χ4n) is 2.16. The highest BCUT2D eigenvalue weighted by Gasteiger charge is 2.13. The molecule has 0 radical (unpaired) electrons. The first kappa shape index (κ1) is 12.4. The summed E-state index contributed by atoms with van der Waals surface area (Å²) in [5.74, 6) is -0.859. The van der Waals surface area contributed by atoms with Crippen molar-refractivity contribution >= 4 is 44.1 Å². The van der Waals surface area contributed by atoms with Crippen molar-refractivity contribution in [3.05, 3.63) is 56.8 Å². The molecule has 0 fully saturated rings. The number of carbonyl (C=O) groups is 1. The Hall–Kier alpha value is -1.59. The zero-order chi connectivity index (χ0) is 13.4. The van der Waals surface area contributed by atoms with Crippen molar-refractivity contribution in [1.29, 1.82) is 0 Å². The molecule has 19 heavy (non-hydrogen) atoms. The molecule has 2 aromatic heterocycles. The minimum atomic E-state index is -0.859. The quantitative estimate of drug-likeness (QED) is 0.778. The number of aromatic nitrogens is 1. The molecule has 0 bridgehead atoms. The van der Waals surface area contributed by atoms with Gasteiger partial charge in [-0.3, -0.25) is 0 Å². The molecule has 0 saturated carbocycles. The summed E-state index contributed by atoms with van der Waals surface area (Å²) < 4.78 is 3.11. The van der Waals surface area contributed by atoms with Gasteiger partial charge in [0.2, 0.25) is 0 Å². The van der Waals surface area contributed by atoms with Gasteiger partial charge < -0.3 is 9.67 Å². The van der Waals surface area contributed by atoms with Crippen molar-refractivity contribution in [3.63, 3.8) is 0 Å². The Morgan fingerprint density at radius 2 is 2.16 bits per heavy atom. The Labute approximate surface area is 122 Å². The summed E-state index contributed by atoms with van der Waals surface area (Å²) in [4.78, 5) is 11.5. The number of halogens is 1. The molecule has 0 aliphatic carbocycles. The van der Waals surface area contributed by atoms with E-state index in [1.807, 2.05) is 41.9 Å². The number of hydrogen-bond donors (Lipinski definition) is 1. The van der Waals surface area contributed by atoms with Gasteiger partial charge in [0.15, 0.2) is 0 Å². The van der Waals surface area contributed by atoms with Gasteiger partial charge in [-0.05, 0) is 35.2 Å². The fourth-order valence-corrected chi connectivity index (χ4v) is 3.40. The average Bonchev–Trinajstić information content (AvgIpc) is 2.98. The molecular formula is C14H10BrNO2S. The molecule has 96 valence electrons. The molecule has 3 rings (SSSR count). The number of fused-ring (bicyclic) bond motifs is 1. The van der Waals surface area contributed by atoms with Gasteiger partial charge in [0.1, 0.15) is 4.88 Å². The highest BCUT2D eigenvalue weighted by atomic mass is 79.9. The monoisotopic (exact) mass is 335 g/mol. The van der Waals surface area contributed by atoms with Gasteiger partial charge in [-0.15, -0.1) is 11.3 Å². The van der Waals surface area contributed by atoms with Gasteiger partial charge >= 0.3 is 5.97 Å². The van der Waals surface area contributed by atoms with Crippen LogP contribution in [0.25, 0.3) is 10.9 Å². The minimum Gasteiger partial charge on any atom is -0.477 e. The van der Waals surface area contributed by atoms with Crippen LogP contribution < -0.4 is 0 Å². The van der Waals surface area contributed by atoms with Crippen molar-refractivity contribution < 1.29 is 9.90 Å². The smallest absolute Gasteiger partial charge is 0.346 e. The highest BCUT2D eigenvalue weighted by Crippen LogP contribution is 2.26. The number of rotatable bonds is 3. The lowest BCUT2D eigenvalue weighted by atomic mass is 10.2. The van der Waals surface area contributed by atoms with Crippen LogP contribution >= 0.6 is 27.3 Å². The summed E-state index contributed by atoms with van der Waals surface area (Å²) in [6.07, 6.45) is 1.98. The third kappa shape index (κ3) is 2.19. The van der Waals surface area contributed by atoms with E-state index in [0.29, 0.717) is 11.4 Å². The van der Waals surface area contributed by atoms with Crippen LogP contribution in [0.5, 0.6) is 0 Å². The third-order valence-corrected chi connectivity index (χ3v) is 4.68. The second-order valence-corrected chi connectivity index (χ2v) is 5.97. The molecule has 0 aliphatic heterocycles. The second-order valence-electron chi connectivity index (χ2n) is 4.20. The highest BCUT2D eigenvalue weighted by molar-refractivity contribution is 9.10. The topological polar surface area (TPSA) is 42.2 Å². The van der Waals surface area contributed by atoms with E-state index in [1.165, 1.54) is 11.3 Å². The van der Waals surface area contributed by atoms with Gasteiger partial charge in [0.25, 0.3) is 0 Å². The normalized spacial score (nSPS) is 11.0. The Morgan fingerprint density at radius 3 is 2.95 bits per heavy atom. The maximum atomic E-state index is 11.1. The number of hydrogen-bond acceptors (Lipinski definition) is 2. The lowest BCUT2D eigenvalue weighted by molar-refractivity contribution is 0.0701. The molecule has 5 heteroatoms. The molecular weight excluding hydrogens is 326 g/mol. The number of carboxylic acids is 1. The van der Waals surface area contributed by atoms with Crippen LogP contribution in [0.15, 0.2) is 46.4 Å². The van der Waals surface area contributed by atoms with Gasteiger partial charge in [0.05, 0.1) is 0 Å². The molecule has 0 spiro atoms. The van der Waals surface area contributed by atoms with Crippen molar-refractivity contribution in [2.75, 3.05) is 0 Å². The Bertz CT molecular complexity index is 760. The average molecular weight is 336 g/mol. The van der Waals surface area contributed by atoms with Crippen LogP contribution in [0.3, 0.4) is 0 Å². The van der Waals surface area contributed by atoms with E-state index in [-0.39, 0.29) is 0 Å². The first-order chi connectivity index (χ1) is 9.16. The lowest BCUT2D eigenvalue weighted by Gasteiger charge is -2.05. The number of aromatic carboxylic acids is 1. The zero-order valence-corrected chi connectivity index (χ0v) is 12.2. The first-order valence-corrected chi connectivity index (χ1v) is 7.37. The second kappa shape index (κ2) is 4.83. The number of nitrogens with zero attached hydrogens (tertiary/aromatic N) is 1. The van der Waals surface area contributed by atoms with Crippen LogP contribution in [-0.2, 0) is 6.54 Å².